The van der Waals surface area contributed by atoms with Gasteiger partial charge in [-0.15, -0.1) is 0 Å². The molecule has 0 aliphatic carbocycles. The molecule has 12 nitrogen and oxygen atoms in total. The Morgan fingerprint density at radius 1 is 0.604 bits per heavy atom. The van der Waals surface area contributed by atoms with Crippen LogP contribution >= 0.6 is 0 Å². The quantitative estimate of drug-likeness (QED) is 0.122. The van der Waals surface area contributed by atoms with Crippen LogP contribution < -0.4 is 0 Å². The molecule has 0 atom stereocenters. The fraction of sp³-hybridized carbons (Fsp3) is 0.278. The molecule has 0 amide bonds. The predicted octanol–water partition coefficient (Wildman–Crippen LogP) is 6.64. The first-order valence-electron chi connectivity index (χ1n) is 15.4. The number of aryl methyl sites for hydroxylation is 3. The zero-order chi connectivity index (χ0) is 34.9. The molecule has 2 aliphatic heterocycles. The lowest BCUT2D eigenvalue weighted by molar-refractivity contribution is -0.137. The smallest absolute Gasteiger partial charge is 0.328 e. The summed E-state index contributed by atoms with van der Waals surface area (Å²) in [5.74, 6) is -3.97. The lowest BCUT2D eigenvalue weighted by atomic mass is 9.98. The molecule has 0 spiro atoms. The van der Waals surface area contributed by atoms with Gasteiger partial charge in [0.25, 0.3) is 0 Å². The van der Waals surface area contributed by atoms with E-state index >= 15 is 0 Å². The maximum Gasteiger partial charge on any atom is 0.328 e. The van der Waals surface area contributed by atoms with Crippen LogP contribution in [0, 0.1) is 13.8 Å². The normalized spacial score (nSPS) is 13.1. The maximum atomic E-state index is 11.6. The summed E-state index contributed by atoms with van der Waals surface area (Å²) in [6.07, 6.45) is 2.89. The van der Waals surface area contributed by atoms with Gasteiger partial charge in [-0.3, -0.25) is 14.4 Å². The first kappa shape index (κ1) is 33.6. The second kappa shape index (κ2) is 13.5. The molecule has 3 aromatic heterocycles. The van der Waals surface area contributed by atoms with Crippen LogP contribution in [0.15, 0.2) is 30.3 Å². The SMILES string of the molecule is CC1=C(CCC(=O)O)c2cc3nc(cc4[nH]c(cc5[nH]c(cc1n2)c(C)c5C=CC(=O)O)c(C)c4CCC(=O)O)C(C)=C3CCC(=O)O. The number of aromatic nitrogens is 4. The van der Waals surface area contributed by atoms with E-state index in [9.17, 15) is 39.6 Å². The van der Waals surface area contributed by atoms with Gasteiger partial charge in [-0.1, -0.05) is 0 Å². The maximum absolute atomic E-state index is 11.6. The third-order valence-corrected chi connectivity index (χ3v) is 8.88. The van der Waals surface area contributed by atoms with Crippen LogP contribution in [0.4, 0.5) is 0 Å². The summed E-state index contributed by atoms with van der Waals surface area (Å²) in [5.41, 5.74) is 10.8. The molecule has 12 heteroatoms. The number of carboxylic acid groups (broad SMARTS) is 4. The van der Waals surface area contributed by atoms with E-state index in [2.05, 4.69) is 9.97 Å². The number of fused-ring (bicyclic) bond motifs is 8. The number of carbonyl (C=O) groups is 4. The third kappa shape index (κ3) is 6.97. The van der Waals surface area contributed by atoms with Crippen molar-refractivity contribution < 1.29 is 39.6 Å². The Labute approximate surface area is 275 Å². The summed E-state index contributed by atoms with van der Waals surface area (Å²) in [6, 6.07) is 7.29. The number of aromatic amines is 2. The zero-order valence-electron chi connectivity index (χ0n) is 27.0. The van der Waals surface area contributed by atoms with Crippen molar-refractivity contribution in [3.63, 3.8) is 0 Å². The third-order valence-electron chi connectivity index (χ3n) is 8.88. The van der Waals surface area contributed by atoms with E-state index in [1.165, 1.54) is 6.08 Å². The van der Waals surface area contributed by atoms with Crippen LogP contribution in [-0.2, 0) is 25.6 Å². The number of nitrogens with zero attached hydrogens (tertiary/aromatic N) is 2. The summed E-state index contributed by atoms with van der Waals surface area (Å²) in [7, 11) is 0. The molecular formula is C36H36N4O8. The van der Waals surface area contributed by atoms with Crippen LogP contribution in [0.25, 0.3) is 50.4 Å². The molecule has 0 fully saturated rings. The number of hydrogen-bond donors (Lipinski definition) is 6. The monoisotopic (exact) mass is 652 g/mol. The van der Waals surface area contributed by atoms with E-state index in [4.69, 9.17) is 9.97 Å². The van der Waals surface area contributed by atoms with Crippen LogP contribution in [-0.4, -0.2) is 64.2 Å². The minimum Gasteiger partial charge on any atom is -0.481 e. The van der Waals surface area contributed by atoms with Gasteiger partial charge in [0.2, 0.25) is 0 Å². The minimum absolute atomic E-state index is 0.105. The van der Waals surface area contributed by atoms with Gasteiger partial charge in [0.05, 0.1) is 22.8 Å². The second-order valence-corrected chi connectivity index (χ2v) is 11.9. The number of carboxylic acids is 4. The van der Waals surface area contributed by atoms with Gasteiger partial charge in [-0.25, -0.2) is 14.8 Å². The Morgan fingerprint density at radius 3 is 1.60 bits per heavy atom. The van der Waals surface area contributed by atoms with Crippen molar-refractivity contribution in [1.82, 2.24) is 19.9 Å². The average Bonchev–Trinajstić information content (AvgIpc) is 3.66. The molecular weight excluding hydrogens is 616 g/mol. The molecule has 2 aliphatic rings. The molecule has 6 N–H and O–H groups in total. The summed E-state index contributed by atoms with van der Waals surface area (Å²) >= 11 is 0. The highest BCUT2D eigenvalue weighted by molar-refractivity contribution is 5.97. The van der Waals surface area contributed by atoms with Crippen LogP contribution in [0.2, 0.25) is 0 Å². The van der Waals surface area contributed by atoms with Crippen molar-refractivity contribution in [3.8, 4) is 0 Å². The van der Waals surface area contributed by atoms with Crippen molar-refractivity contribution in [2.24, 2.45) is 0 Å². The van der Waals surface area contributed by atoms with E-state index in [-0.39, 0.29) is 38.5 Å². The molecule has 3 aromatic rings. The van der Waals surface area contributed by atoms with Crippen LogP contribution in [0.5, 0.6) is 0 Å². The average molecular weight is 653 g/mol. The summed E-state index contributed by atoms with van der Waals surface area (Å²) in [4.78, 5) is 62.9. The van der Waals surface area contributed by atoms with E-state index in [1.54, 1.807) is 6.07 Å². The van der Waals surface area contributed by atoms with Crippen molar-refractivity contribution in [2.45, 2.75) is 66.2 Å². The van der Waals surface area contributed by atoms with Gasteiger partial charge < -0.3 is 30.4 Å². The molecule has 0 unspecified atom stereocenters. The number of rotatable bonds is 11. The largest absolute Gasteiger partial charge is 0.481 e. The second-order valence-electron chi connectivity index (χ2n) is 11.9. The van der Waals surface area contributed by atoms with Crippen molar-refractivity contribution in [3.05, 3.63) is 75.4 Å². The molecule has 0 aromatic carbocycles. The molecule has 8 bridgehead atoms. The lowest BCUT2D eigenvalue weighted by Crippen LogP contribution is -1.98. The van der Waals surface area contributed by atoms with Gasteiger partial charge in [-0.2, -0.15) is 0 Å². The molecule has 248 valence electrons. The number of allylic oxidation sites excluding steroid dienone is 4. The van der Waals surface area contributed by atoms with Crippen LogP contribution in [0.3, 0.4) is 0 Å². The lowest BCUT2D eigenvalue weighted by Gasteiger charge is -2.05. The Morgan fingerprint density at radius 2 is 1.08 bits per heavy atom. The van der Waals surface area contributed by atoms with E-state index < -0.39 is 23.9 Å². The van der Waals surface area contributed by atoms with E-state index in [1.807, 2.05) is 45.9 Å². The molecule has 48 heavy (non-hydrogen) atoms. The molecule has 0 radical (unpaired) electrons. The van der Waals surface area contributed by atoms with Gasteiger partial charge in [0.15, 0.2) is 0 Å². The Bertz CT molecular complexity index is 2150. The number of aliphatic carboxylic acids is 4. The van der Waals surface area contributed by atoms with E-state index in [0.29, 0.717) is 50.4 Å². The highest BCUT2D eigenvalue weighted by Gasteiger charge is 2.23. The van der Waals surface area contributed by atoms with Gasteiger partial charge in [-0.05, 0) is 116 Å². The Balaban J connectivity index is 1.93. The summed E-state index contributed by atoms with van der Waals surface area (Å²) in [5, 5.41) is 37.9. The van der Waals surface area contributed by atoms with Gasteiger partial charge in [0.1, 0.15) is 0 Å². The number of nitrogens with one attached hydrogen (secondary N) is 2. The fourth-order valence-electron chi connectivity index (χ4n) is 6.20. The topological polar surface area (TPSA) is 207 Å². The molecule has 0 saturated heterocycles. The van der Waals surface area contributed by atoms with Crippen molar-refractivity contribution >= 4 is 74.3 Å². The standard InChI is InChI=1S/C36H36N4O8/c1-17-21(5-9-33(41)42)29-14-27-19(3)22(6-10-34(43)44)30(39-27)15-28-20(4)24(8-12-36(47)48)32(40-28)16-31-23(7-11-35(45)46)18(2)26(38-31)13-25(17)37-29/h5,9,13-16,37,39H,6-8,10-12H2,1-4H3,(H,41,42)(H,43,44)(H,45,46)(H,47,48). The highest BCUT2D eigenvalue weighted by Crippen LogP contribution is 2.38. The van der Waals surface area contributed by atoms with Gasteiger partial charge >= 0.3 is 23.9 Å². The van der Waals surface area contributed by atoms with Crippen molar-refractivity contribution in [1.29, 1.82) is 0 Å². The first-order valence-corrected chi connectivity index (χ1v) is 15.4. The highest BCUT2D eigenvalue weighted by atomic mass is 16.4. The fourth-order valence-corrected chi connectivity index (χ4v) is 6.20. The van der Waals surface area contributed by atoms with Crippen molar-refractivity contribution in [2.75, 3.05) is 0 Å². The molecule has 5 rings (SSSR count). The Kier molecular flexibility index (Phi) is 9.46. The predicted molar refractivity (Wildman–Crippen MR) is 182 cm³/mol. The first-order chi connectivity index (χ1) is 22.7. The summed E-state index contributed by atoms with van der Waals surface area (Å²) < 4.78 is 0. The minimum atomic E-state index is -1.11. The Hall–Kier alpha value is -5.78. The molecule has 5 heterocycles. The molecule has 0 saturated carbocycles. The van der Waals surface area contributed by atoms with Gasteiger partial charge in [0, 0.05) is 53.0 Å². The number of H-pyrrole nitrogens is 2. The zero-order valence-corrected chi connectivity index (χ0v) is 27.0. The van der Waals surface area contributed by atoms with Crippen LogP contribution in [0.1, 0.15) is 91.0 Å². The van der Waals surface area contributed by atoms with E-state index in [0.717, 1.165) is 45.1 Å². The number of hydrogen-bond acceptors (Lipinski definition) is 6. The summed E-state index contributed by atoms with van der Waals surface area (Å²) in [6.45, 7) is 7.48.